The Hall–Kier alpha value is -1.78. The number of hydrogen-bond acceptors (Lipinski definition) is 3. The lowest BCUT2D eigenvalue weighted by Gasteiger charge is -2.13. The number of rotatable bonds is 6. The van der Waals surface area contributed by atoms with Crippen LogP contribution in [0.3, 0.4) is 0 Å². The minimum Gasteiger partial charge on any atom is -0.493 e. The van der Waals surface area contributed by atoms with Gasteiger partial charge in [-0.2, -0.15) is 0 Å². The Morgan fingerprint density at radius 3 is 2.57 bits per heavy atom. The molecule has 2 aromatic carbocycles. The summed E-state index contributed by atoms with van der Waals surface area (Å²) in [7, 11) is 3.11. The van der Waals surface area contributed by atoms with Crippen LogP contribution in [-0.2, 0) is 13.1 Å². The minimum absolute atomic E-state index is 0.238. The third kappa shape index (κ3) is 3.86. The van der Waals surface area contributed by atoms with Gasteiger partial charge in [-0.05, 0) is 29.3 Å². The summed E-state index contributed by atoms with van der Waals surface area (Å²) in [6, 6.07) is 10.2. The van der Waals surface area contributed by atoms with E-state index in [-0.39, 0.29) is 5.82 Å². The molecule has 0 saturated heterocycles. The van der Waals surface area contributed by atoms with Crippen LogP contribution in [0, 0.1) is 5.82 Å². The SMILES string of the molecule is COc1ccc(CNCc2cccc(F)c2)c(Cl)c1OC. The van der Waals surface area contributed by atoms with E-state index >= 15 is 0 Å². The minimum atomic E-state index is -0.238. The van der Waals surface area contributed by atoms with E-state index in [2.05, 4.69) is 5.32 Å². The van der Waals surface area contributed by atoms with Crippen LogP contribution in [-0.4, -0.2) is 14.2 Å². The molecule has 0 saturated carbocycles. The molecule has 1 N–H and O–H groups in total. The highest BCUT2D eigenvalue weighted by molar-refractivity contribution is 6.33. The molecule has 0 unspecified atom stereocenters. The van der Waals surface area contributed by atoms with Gasteiger partial charge in [-0.3, -0.25) is 0 Å². The summed E-state index contributed by atoms with van der Waals surface area (Å²) in [4.78, 5) is 0. The van der Waals surface area contributed by atoms with Crippen LogP contribution in [0.15, 0.2) is 36.4 Å². The van der Waals surface area contributed by atoms with Crippen LogP contribution in [0.1, 0.15) is 11.1 Å². The lowest BCUT2D eigenvalue weighted by Crippen LogP contribution is -2.13. The Labute approximate surface area is 128 Å². The van der Waals surface area contributed by atoms with Crippen LogP contribution in [0.4, 0.5) is 4.39 Å². The third-order valence-corrected chi connectivity index (χ3v) is 3.51. The van der Waals surface area contributed by atoms with Gasteiger partial charge in [0.2, 0.25) is 0 Å². The number of nitrogens with one attached hydrogen (secondary N) is 1. The topological polar surface area (TPSA) is 30.5 Å². The van der Waals surface area contributed by atoms with Crippen LogP contribution >= 0.6 is 11.6 Å². The van der Waals surface area contributed by atoms with Gasteiger partial charge >= 0.3 is 0 Å². The number of benzene rings is 2. The molecule has 0 fully saturated rings. The predicted octanol–water partition coefficient (Wildman–Crippen LogP) is 3.79. The van der Waals surface area contributed by atoms with E-state index in [0.29, 0.717) is 29.6 Å². The van der Waals surface area contributed by atoms with Gasteiger partial charge in [-0.1, -0.05) is 29.8 Å². The summed E-state index contributed by atoms with van der Waals surface area (Å²) in [6.07, 6.45) is 0. The van der Waals surface area contributed by atoms with Crippen molar-refractivity contribution in [3.05, 3.63) is 58.4 Å². The molecule has 0 heterocycles. The summed E-state index contributed by atoms with van der Waals surface area (Å²) >= 11 is 6.29. The Balaban J connectivity index is 2.03. The van der Waals surface area contributed by atoms with E-state index in [1.807, 2.05) is 18.2 Å². The van der Waals surface area contributed by atoms with Crippen molar-refractivity contribution in [1.82, 2.24) is 5.32 Å². The molecular weight excluding hydrogens is 293 g/mol. The van der Waals surface area contributed by atoms with Crippen molar-refractivity contribution in [2.45, 2.75) is 13.1 Å². The molecular formula is C16H17ClFNO2. The normalized spacial score (nSPS) is 10.5. The molecule has 0 atom stereocenters. The number of halogens is 2. The lowest BCUT2D eigenvalue weighted by atomic mass is 10.1. The largest absolute Gasteiger partial charge is 0.493 e. The second-order valence-electron chi connectivity index (χ2n) is 4.51. The highest BCUT2D eigenvalue weighted by Crippen LogP contribution is 2.37. The van der Waals surface area contributed by atoms with Gasteiger partial charge in [0.05, 0.1) is 19.2 Å². The smallest absolute Gasteiger partial charge is 0.179 e. The summed E-state index contributed by atoms with van der Waals surface area (Å²) in [5.41, 5.74) is 1.78. The van der Waals surface area contributed by atoms with E-state index in [1.54, 1.807) is 20.3 Å². The van der Waals surface area contributed by atoms with Gasteiger partial charge in [0, 0.05) is 13.1 Å². The molecule has 0 radical (unpaired) electrons. The number of ether oxygens (including phenoxy) is 2. The van der Waals surface area contributed by atoms with E-state index in [0.717, 1.165) is 11.1 Å². The van der Waals surface area contributed by atoms with Crippen molar-refractivity contribution in [2.75, 3.05) is 14.2 Å². The second-order valence-corrected chi connectivity index (χ2v) is 4.89. The summed E-state index contributed by atoms with van der Waals surface area (Å²) in [6.45, 7) is 1.11. The van der Waals surface area contributed by atoms with Crippen LogP contribution in [0.2, 0.25) is 5.02 Å². The first kappa shape index (κ1) is 15.6. The molecule has 0 bridgehead atoms. The molecule has 21 heavy (non-hydrogen) atoms. The zero-order chi connectivity index (χ0) is 15.2. The Morgan fingerprint density at radius 2 is 1.90 bits per heavy atom. The first-order valence-corrected chi connectivity index (χ1v) is 6.88. The van der Waals surface area contributed by atoms with Crippen molar-refractivity contribution < 1.29 is 13.9 Å². The molecule has 0 amide bonds. The van der Waals surface area contributed by atoms with Gasteiger partial charge in [0.1, 0.15) is 5.82 Å². The summed E-state index contributed by atoms with van der Waals surface area (Å²) in [5.74, 6) is 0.874. The zero-order valence-electron chi connectivity index (χ0n) is 12.0. The fourth-order valence-corrected chi connectivity index (χ4v) is 2.36. The molecule has 2 aromatic rings. The number of methoxy groups -OCH3 is 2. The maximum Gasteiger partial charge on any atom is 0.179 e. The monoisotopic (exact) mass is 309 g/mol. The molecule has 0 aliphatic heterocycles. The molecule has 5 heteroatoms. The van der Waals surface area contributed by atoms with Gasteiger partial charge in [0.15, 0.2) is 11.5 Å². The van der Waals surface area contributed by atoms with Crippen molar-refractivity contribution >= 4 is 11.6 Å². The second kappa shape index (κ2) is 7.29. The first-order chi connectivity index (χ1) is 10.2. The van der Waals surface area contributed by atoms with E-state index in [9.17, 15) is 4.39 Å². The first-order valence-electron chi connectivity index (χ1n) is 6.50. The van der Waals surface area contributed by atoms with E-state index < -0.39 is 0 Å². The summed E-state index contributed by atoms with van der Waals surface area (Å²) < 4.78 is 23.5. The third-order valence-electron chi connectivity index (χ3n) is 3.10. The zero-order valence-corrected chi connectivity index (χ0v) is 12.7. The molecule has 3 nitrogen and oxygen atoms in total. The highest BCUT2D eigenvalue weighted by atomic mass is 35.5. The molecule has 0 aliphatic carbocycles. The maximum atomic E-state index is 13.1. The van der Waals surface area contributed by atoms with Crippen molar-refractivity contribution in [3.8, 4) is 11.5 Å². The quantitative estimate of drug-likeness (QED) is 0.880. The highest BCUT2D eigenvalue weighted by Gasteiger charge is 2.12. The molecule has 0 aliphatic rings. The fourth-order valence-electron chi connectivity index (χ4n) is 2.06. The lowest BCUT2D eigenvalue weighted by molar-refractivity contribution is 0.354. The van der Waals surface area contributed by atoms with Gasteiger partial charge < -0.3 is 14.8 Å². The molecule has 112 valence electrons. The number of hydrogen-bond donors (Lipinski definition) is 1. The van der Waals surface area contributed by atoms with E-state index in [1.165, 1.54) is 12.1 Å². The fraction of sp³-hybridized carbons (Fsp3) is 0.250. The van der Waals surface area contributed by atoms with Gasteiger partial charge in [-0.25, -0.2) is 4.39 Å². The Morgan fingerprint density at radius 1 is 1.10 bits per heavy atom. The standard InChI is InChI=1S/C16H17ClFNO2/c1-20-14-7-6-12(15(17)16(14)21-2)10-19-9-11-4-3-5-13(18)8-11/h3-8,19H,9-10H2,1-2H3. The maximum absolute atomic E-state index is 13.1. The van der Waals surface area contributed by atoms with Gasteiger partial charge in [-0.15, -0.1) is 0 Å². The molecule has 0 spiro atoms. The van der Waals surface area contributed by atoms with Crippen molar-refractivity contribution in [1.29, 1.82) is 0 Å². The van der Waals surface area contributed by atoms with Gasteiger partial charge in [0.25, 0.3) is 0 Å². The molecule has 2 rings (SSSR count). The van der Waals surface area contributed by atoms with Crippen molar-refractivity contribution in [2.24, 2.45) is 0 Å². The van der Waals surface area contributed by atoms with E-state index in [4.69, 9.17) is 21.1 Å². The average Bonchev–Trinajstić information content (AvgIpc) is 2.48. The molecule has 0 aromatic heterocycles. The van der Waals surface area contributed by atoms with Crippen molar-refractivity contribution in [3.63, 3.8) is 0 Å². The summed E-state index contributed by atoms with van der Waals surface area (Å²) in [5, 5.41) is 3.74. The Kier molecular flexibility index (Phi) is 5.42. The Bertz CT molecular complexity index is 619. The van der Waals surface area contributed by atoms with Crippen LogP contribution in [0.25, 0.3) is 0 Å². The van der Waals surface area contributed by atoms with Crippen LogP contribution < -0.4 is 14.8 Å². The average molecular weight is 310 g/mol. The predicted molar refractivity (Wildman–Crippen MR) is 81.5 cm³/mol. The van der Waals surface area contributed by atoms with Crippen LogP contribution in [0.5, 0.6) is 11.5 Å².